The molecule has 1 N–H and O–H groups in total. The van der Waals surface area contributed by atoms with Crippen molar-refractivity contribution in [2.45, 2.75) is 33.6 Å². The summed E-state index contributed by atoms with van der Waals surface area (Å²) in [5.74, 6) is 1.47. The maximum absolute atomic E-state index is 6.15. The minimum atomic E-state index is 0.615. The van der Waals surface area contributed by atoms with Gasteiger partial charge in [-0.25, -0.2) is 4.98 Å². The maximum Gasteiger partial charge on any atom is 0.224 e. The summed E-state index contributed by atoms with van der Waals surface area (Å²) < 4.78 is 0. The van der Waals surface area contributed by atoms with Crippen LogP contribution < -0.4 is 10.2 Å². The Hall–Kier alpha value is -1.03. The van der Waals surface area contributed by atoms with Crippen LogP contribution in [0, 0.1) is 0 Å². The van der Waals surface area contributed by atoms with E-state index in [1.807, 2.05) is 6.92 Å². The molecule has 1 aromatic heterocycles. The topological polar surface area (TPSA) is 41.1 Å². The number of anilines is 2. The van der Waals surface area contributed by atoms with Crippen LogP contribution in [0.25, 0.3) is 0 Å². The lowest BCUT2D eigenvalue weighted by Gasteiger charge is -2.22. The first-order valence-corrected chi connectivity index (χ1v) is 6.62. The first-order chi connectivity index (χ1) is 8.22. The van der Waals surface area contributed by atoms with Gasteiger partial charge in [-0.05, 0) is 20.3 Å². The molecule has 0 bridgehead atoms. The van der Waals surface area contributed by atoms with Crippen molar-refractivity contribution in [1.82, 2.24) is 9.97 Å². The van der Waals surface area contributed by atoms with Crippen molar-refractivity contribution in [1.29, 1.82) is 0 Å². The number of nitrogens with one attached hydrogen (secondary N) is 1. The third kappa shape index (κ3) is 4.04. The molecule has 0 fully saturated rings. The largest absolute Gasteiger partial charge is 0.355 e. The van der Waals surface area contributed by atoms with Gasteiger partial charge in [0.15, 0.2) is 5.82 Å². The highest BCUT2D eigenvalue weighted by molar-refractivity contribution is 6.32. The Morgan fingerprint density at radius 3 is 2.71 bits per heavy atom. The molecule has 17 heavy (non-hydrogen) atoms. The highest BCUT2D eigenvalue weighted by Crippen LogP contribution is 2.23. The number of rotatable bonds is 7. The zero-order chi connectivity index (χ0) is 12.7. The zero-order valence-electron chi connectivity index (χ0n) is 10.8. The summed E-state index contributed by atoms with van der Waals surface area (Å²) in [6.07, 6.45) is 3.97. The fraction of sp³-hybridized carbons (Fsp3) is 0.667. The van der Waals surface area contributed by atoms with E-state index in [2.05, 4.69) is 34.0 Å². The van der Waals surface area contributed by atoms with Gasteiger partial charge in [0.05, 0.1) is 6.20 Å². The second kappa shape index (κ2) is 7.33. The minimum Gasteiger partial charge on any atom is -0.355 e. The summed E-state index contributed by atoms with van der Waals surface area (Å²) in [5.41, 5.74) is 0. The van der Waals surface area contributed by atoms with Gasteiger partial charge >= 0.3 is 0 Å². The second-order valence-electron chi connectivity index (χ2n) is 3.83. The highest BCUT2D eigenvalue weighted by Gasteiger charge is 2.11. The van der Waals surface area contributed by atoms with Crippen molar-refractivity contribution in [3.8, 4) is 0 Å². The molecule has 0 aliphatic rings. The van der Waals surface area contributed by atoms with E-state index in [1.54, 1.807) is 6.20 Å². The van der Waals surface area contributed by atoms with Crippen LogP contribution in [0.5, 0.6) is 0 Å². The highest BCUT2D eigenvalue weighted by atomic mass is 35.5. The molecule has 0 radical (unpaired) electrons. The normalized spacial score (nSPS) is 10.4. The van der Waals surface area contributed by atoms with E-state index in [9.17, 15) is 0 Å². The van der Waals surface area contributed by atoms with Crippen LogP contribution in [-0.4, -0.2) is 29.6 Å². The standard InChI is InChI=1S/C12H21ClN4/c1-4-7-8-17(6-3)11-10(13)9-15-12(16-11)14-5-2/h9H,4-8H2,1-3H3,(H,14,15,16). The fourth-order valence-electron chi connectivity index (χ4n) is 1.59. The van der Waals surface area contributed by atoms with Crippen LogP contribution in [0.3, 0.4) is 0 Å². The zero-order valence-corrected chi connectivity index (χ0v) is 11.6. The Bertz CT molecular complexity index is 343. The molecule has 96 valence electrons. The molecule has 0 spiro atoms. The Labute approximate surface area is 108 Å². The second-order valence-corrected chi connectivity index (χ2v) is 4.24. The molecule has 0 saturated heterocycles. The number of hydrogen-bond acceptors (Lipinski definition) is 4. The average molecular weight is 257 g/mol. The minimum absolute atomic E-state index is 0.615. The van der Waals surface area contributed by atoms with Crippen molar-refractivity contribution in [3.05, 3.63) is 11.2 Å². The van der Waals surface area contributed by atoms with E-state index in [0.717, 1.165) is 31.9 Å². The van der Waals surface area contributed by atoms with Gasteiger partial charge in [0.2, 0.25) is 5.95 Å². The molecular formula is C12H21ClN4. The van der Waals surface area contributed by atoms with Crippen LogP contribution >= 0.6 is 11.6 Å². The van der Waals surface area contributed by atoms with Gasteiger partial charge in [-0.2, -0.15) is 4.98 Å². The van der Waals surface area contributed by atoms with Crippen LogP contribution in [0.2, 0.25) is 5.02 Å². The first kappa shape index (κ1) is 14.0. The van der Waals surface area contributed by atoms with Crippen molar-refractivity contribution >= 4 is 23.4 Å². The Morgan fingerprint density at radius 1 is 1.35 bits per heavy atom. The summed E-state index contributed by atoms with van der Waals surface area (Å²) in [6.45, 7) is 9.01. The van der Waals surface area contributed by atoms with E-state index in [1.165, 1.54) is 6.42 Å². The lowest BCUT2D eigenvalue weighted by Crippen LogP contribution is -2.25. The Morgan fingerprint density at radius 2 is 2.12 bits per heavy atom. The molecule has 1 rings (SSSR count). The molecule has 1 aromatic rings. The van der Waals surface area contributed by atoms with Crippen LogP contribution in [-0.2, 0) is 0 Å². The monoisotopic (exact) mass is 256 g/mol. The summed E-state index contributed by atoms with van der Waals surface area (Å²) in [6, 6.07) is 0. The number of aromatic nitrogens is 2. The van der Waals surface area contributed by atoms with E-state index in [-0.39, 0.29) is 0 Å². The SMILES string of the molecule is CCCCN(CC)c1nc(NCC)ncc1Cl. The summed E-state index contributed by atoms with van der Waals surface area (Å²) in [5, 5.41) is 3.72. The van der Waals surface area contributed by atoms with Crippen molar-refractivity contribution in [2.75, 3.05) is 29.9 Å². The number of nitrogens with zero attached hydrogens (tertiary/aromatic N) is 3. The van der Waals surface area contributed by atoms with Gasteiger partial charge in [-0.1, -0.05) is 24.9 Å². The third-order valence-electron chi connectivity index (χ3n) is 2.52. The van der Waals surface area contributed by atoms with E-state index >= 15 is 0 Å². The smallest absolute Gasteiger partial charge is 0.224 e. The molecule has 0 unspecified atom stereocenters. The van der Waals surface area contributed by atoms with E-state index in [4.69, 9.17) is 11.6 Å². The van der Waals surface area contributed by atoms with E-state index < -0.39 is 0 Å². The summed E-state index contributed by atoms with van der Waals surface area (Å²) in [7, 11) is 0. The van der Waals surface area contributed by atoms with Crippen molar-refractivity contribution < 1.29 is 0 Å². The van der Waals surface area contributed by atoms with Gasteiger partial charge in [0, 0.05) is 19.6 Å². The fourth-order valence-corrected chi connectivity index (χ4v) is 1.80. The quantitative estimate of drug-likeness (QED) is 0.814. The van der Waals surface area contributed by atoms with Crippen molar-refractivity contribution in [2.24, 2.45) is 0 Å². The van der Waals surface area contributed by atoms with Crippen LogP contribution in [0.4, 0.5) is 11.8 Å². The molecule has 4 nitrogen and oxygen atoms in total. The number of hydrogen-bond donors (Lipinski definition) is 1. The number of halogens is 1. The molecular weight excluding hydrogens is 236 g/mol. The average Bonchev–Trinajstić information content (AvgIpc) is 2.34. The molecule has 0 aromatic carbocycles. The molecule has 0 aliphatic heterocycles. The first-order valence-electron chi connectivity index (χ1n) is 6.24. The molecule has 0 aliphatic carbocycles. The summed E-state index contributed by atoms with van der Waals surface area (Å²) in [4.78, 5) is 10.8. The van der Waals surface area contributed by atoms with Gasteiger partial charge in [-0.15, -0.1) is 0 Å². The molecule has 0 amide bonds. The lowest BCUT2D eigenvalue weighted by molar-refractivity contribution is 0.723. The van der Waals surface area contributed by atoms with Gasteiger partial charge < -0.3 is 10.2 Å². The Kier molecular flexibility index (Phi) is 6.05. The van der Waals surface area contributed by atoms with Crippen LogP contribution in [0.15, 0.2) is 6.20 Å². The van der Waals surface area contributed by atoms with Crippen molar-refractivity contribution in [3.63, 3.8) is 0 Å². The molecule has 0 saturated carbocycles. The summed E-state index contributed by atoms with van der Waals surface area (Å²) >= 11 is 6.15. The van der Waals surface area contributed by atoms with E-state index in [0.29, 0.717) is 11.0 Å². The molecule has 1 heterocycles. The lowest BCUT2D eigenvalue weighted by atomic mass is 10.3. The Balaban J connectivity index is 2.87. The van der Waals surface area contributed by atoms with Gasteiger partial charge in [0.1, 0.15) is 5.02 Å². The maximum atomic E-state index is 6.15. The van der Waals surface area contributed by atoms with Gasteiger partial charge in [0.25, 0.3) is 0 Å². The predicted octanol–water partition coefficient (Wildman–Crippen LogP) is 3.19. The molecule has 5 heteroatoms. The molecule has 0 atom stereocenters. The third-order valence-corrected chi connectivity index (χ3v) is 2.79. The van der Waals surface area contributed by atoms with Crippen LogP contribution in [0.1, 0.15) is 33.6 Å². The predicted molar refractivity (Wildman–Crippen MR) is 74.0 cm³/mol. The number of unbranched alkanes of at least 4 members (excludes halogenated alkanes) is 1. The van der Waals surface area contributed by atoms with Gasteiger partial charge in [-0.3, -0.25) is 0 Å².